The van der Waals surface area contributed by atoms with E-state index in [1.165, 1.54) is 16.4 Å². The minimum absolute atomic E-state index is 0.139. The van der Waals surface area contributed by atoms with Crippen LogP contribution in [0.15, 0.2) is 33.7 Å². The van der Waals surface area contributed by atoms with Crippen LogP contribution in [-0.2, 0) is 21.2 Å². The molecule has 140 valence electrons. The van der Waals surface area contributed by atoms with E-state index in [4.69, 9.17) is 4.52 Å². The van der Waals surface area contributed by atoms with Crippen molar-refractivity contribution in [3.8, 4) is 0 Å². The highest BCUT2D eigenvalue weighted by atomic mass is 32.2. The van der Waals surface area contributed by atoms with Crippen molar-refractivity contribution in [3.05, 3.63) is 41.3 Å². The zero-order valence-electron chi connectivity index (χ0n) is 15.0. The van der Waals surface area contributed by atoms with Gasteiger partial charge in [-0.05, 0) is 57.4 Å². The zero-order valence-corrected chi connectivity index (χ0v) is 15.8. The Labute approximate surface area is 153 Å². The molecule has 0 aliphatic carbocycles. The van der Waals surface area contributed by atoms with Gasteiger partial charge < -0.3 is 9.84 Å². The minimum Gasteiger partial charge on any atom is -0.361 e. The first-order valence-electron chi connectivity index (χ1n) is 8.70. The summed E-state index contributed by atoms with van der Waals surface area (Å²) in [6, 6.07) is 6.32. The fraction of sp³-hybridized carbons (Fsp3) is 0.444. The molecule has 8 heteroatoms. The van der Waals surface area contributed by atoms with Gasteiger partial charge in [0.2, 0.25) is 15.9 Å². The van der Waals surface area contributed by atoms with Crippen molar-refractivity contribution in [2.45, 2.75) is 44.4 Å². The van der Waals surface area contributed by atoms with E-state index in [1.807, 2.05) is 13.8 Å². The number of amides is 1. The average molecular weight is 377 g/mol. The Kier molecular flexibility index (Phi) is 5.43. The molecule has 1 fully saturated rings. The Hall–Kier alpha value is -2.19. The smallest absolute Gasteiger partial charge is 0.243 e. The van der Waals surface area contributed by atoms with Crippen LogP contribution in [0.2, 0.25) is 0 Å². The lowest BCUT2D eigenvalue weighted by molar-refractivity contribution is -0.116. The van der Waals surface area contributed by atoms with Crippen LogP contribution in [0.3, 0.4) is 0 Å². The van der Waals surface area contributed by atoms with Gasteiger partial charge in [-0.3, -0.25) is 4.79 Å². The third-order valence-electron chi connectivity index (χ3n) is 4.62. The first-order valence-corrected chi connectivity index (χ1v) is 10.1. The molecular weight excluding hydrogens is 354 g/mol. The SMILES string of the molecule is Cc1noc(C)c1CCC(=O)Nc1ccc(S(=O)(=O)N2CCCC2)cc1. The van der Waals surface area contributed by atoms with Crippen LogP contribution in [0.4, 0.5) is 5.69 Å². The first-order chi connectivity index (χ1) is 12.4. The monoisotopic (exact) mass is 377 g/mol. The highest BCUT2D eigenvalue weighted by Crippen LogP contribution is 2.22. The number of rotatable bonds is 6. The third-order valence-corrected chi connectivity index (χ3v) is 6.54. The van der Waals surface area contributed by atoms with E-state index in [1.54, 1.807) is 12.1 Å². The lowest BCUT2D eigenvalue weighted by Crippen LogP contribution is -2.27. The number of nitrogens with one attached hydrogen (secondary N) is 1. The van der Waals surface area contributed by atoms with E-state index >= 15 is 0 Å². The number of aromatic nitrogens is 1. The van der Waals surface area contributed by atoms with Gasteiger partial charge >= 0.3 is 0 Å². The van der Waals surface area contributed by atoms with E-state index in [9.17, 15) is 13.2 Å². The summed E-state index contributed by atoms with van der Waals surface area (Å²) in [5.41, 5.74) is 2.33. The minimum atomic E-state index is -3.43. The maximum atomic E-state index is 12.5. The number of aryl methyl sites for hydroxylation is 2. The fourth-order valence-corrected chi connectivity index (χ4v) is 4.63. The molecule has 0 atom stereocenters. The normalized spacial score (nSPS) is 15.3. The van der Waals surface area contributed by atoms with Crippen molar-refractivity contribution in [3.63, 3.8) is 0 Å². The Morgan fingerprint density at radius 3 is 2.42 bits per heavy atom. The van der Waals surface area contributed by atoms with Gasteiger partial charge in [-0.25, -0.2) is 8.42 Å². The van der Waals surface area contributed by atoms with E-state index in [0.717, 1.165) is 29.9 Å². The molecule has 0 unspecified atom stereocenters. The molecular formula is C18H23N3O4S. The standard InChI is InChI=1S/C18H23N3O4S/c1-13-17(14(2)25-20-13)9-10-18(22)19-15-5-7-16(8-6-15)26(23,24)21-11-3-4-12-21/h5-8H,3-4,9-12H2,1-2H3,(H,19,22). The van der Waals surface area contributed by atoms with Crippen molar-refractivity contribution >= 4 is 21.6 Å². The number of carbonyl (C=O) groups excluding carboxylic acids is 1. The van der Waals surface area contributed by atoms with Gasteiger partial charge in [0.1, 0.15) is 5.76 Å². The molecule has 26 heavy (non-hydrogen) atoms. The number of hydrogen-bond acceptors (Lipinski definition) is 5. The van der Waals surface area contributed by atoms with Crippen LogP contribution in [0.5, 0.6) is 0 Å². The molecule has 0 radical (unpaired) electrons. The first kappa shape index (κ1) is 18.6. The summed E-state index contributed by atoms with van der Waals surface area (Å²) in [6.45, 7) is 4.82. The predicted molar refractivity (Wildman–Crippen MR) is 97.4 cm³/mol. The number of nitrogens with zero attached hydrogens (tertiary/aromatic N) is 2. The Morgan fingerprint density at radius 1 is 1.19 bits per heavy atom. The number of benzene rings is 1. The average Bonchev–Trinajstić information content (AvgIpc) is 3.25. The molecule has 3 rings (SSSR count). The van der Waals surface area contributed by atoms with Crippen molar-refractivity contribution in [1.82, 2.24) is 9.46 Å². The summed E-state index contributed by atoms with van der Waals surface area (Å²) in [5, 5.41) is 6.67. The maximum Gasteiger partial charge on any atom is 0.243 e. The molecule has 0 saturated carbocycles. The van der Waals surface area contributed by atoms with Gasteiger partial charge in [-0.2, -0.15) is 4.31 Å². The third kappa shape index (κ3) is 3.96. The van der Waals surface area contributed by atoms with Gasteiger partial charge in [0.05, 0.1) is 10.6 Å². The molecule has 1 aliphatic rings. The van der Waals surface area contributed by atoms with Crippen LogP contribution >= 0.6 is 0 Å². The van der Waals surface area contributed by atoms with Crippen LogP contribution in [0.25, 0.3) is 0 Å². The van der Waals surface area contributed by atoms with Gasteiger partial charge in [0.25, 0.3) is 0 Å². The van der Waals surface area contributed by atoms with Gasteiger partial charge in [-0.1, -0.05) is 5.16 Å². The zero-order chi connectivity index (χ0) is 18.7. The van der Waals surface area contributed by atoms with Crippen LogP contribution in [0, 0.1) is 13.8 Å². The summed E-state index contributed by atoms with van der Waals surface area (Å²) in [5.74, 6) is 0.590. The van der Waals surface area contributed by atoms with Crippen LogP contribution in [-0.4, -0.2) is 36.9 Å². The predicted octanol–water partition coefficient (Wildman–Crippen LogP) is 2.65. The number of carbonyl (C=O) groups is 1. The van der Waals surface area contributed by atoms with E-state index in [-0.39, 0.29) is 10.8 Å². The molecule has 2 aromatic rings. The molecule has 1 aromatic carbocycles. The Morgan fingerprint density at radius 2 is 1.85 bits per heavy atom. The summed E-state index contributed by atoms with van der Waals surface area (Å²) in [4.78, 5) is 12.4. The highest BCUT2D eigenvalue weighted by molar-refractivity contribution is 7.89. The largest absolute Gasteiger partial charge is 0.361 e. The van der Waals surface area contributed by atoms with E-state index in [2.05, 4.69) is 10.5 Å². The number of anilines is 1. The second-order valence-electron chi connectivity index (χ2n) is 6.49. The summed E-state index contributed by atoms with van der Waals surface area (Å²) >= 11 is 0. The van der Waals surface area contributed by atoms with Crippen LogP contribution in [0.1, 0.15) is 36.3 Å². The molecule has 2 heterocycles. The van der Waals surface area contributed by atoms with Gasteiger partial charge in [-0.15, -0.1) is 0 Å². The fourth-order valence-electron chi connectivity index (χ4n) is 3.11. The lowest BCUT2D eigenvalue weighted by Gasteiger charge is -2.15. The second kappa shape index (κ2) is 7.59. The lowest BCUT2D eigenvalue weighted by atomic mass is 10.1. The molecule has 0 bridgehead atoms. The molecule has 1 aliphatic heterocycles. The van der Waals surface area contributed by atoms with E-state index in [0.29, 0.717) is 31.6 Å². The Bertz CT molecular complexity index is 862. The molecule has 0 spiro atoms. The van der Waals surface area contributed by atoms with Gasteiger partial charge in [0, 0.05) is 30.8 Å². The summed E-state index contributed by atoms with van der Waals surface area (Å²) in [7, 11) is -3.43. The van der Waals surface area contributed by atoms with Crippen LogP contribution < -0.4 is 5.32 Å². The quantitative estimate of drug-likeness (QED) is 0.835. The Balaban J connectivity index is 1.59. The molecule has 1 saturated heterocycles. The summed E-state index contributed by atoms with van der Waals surface area (Å²) < 4.78 is 31.6. The number of sulfonamides is 1. The second-order valence-corrected chi connectivity index (χ2v) is 8.42. The highest BCUT2D eigenvalue weighted by Gasteiger charge is 2.26. The maximum absolute atomic E-state index is 12.5. The van der Waals surface area contributed by atoms with Crippen molar-refractivity contribution in [1.29, 1.82) is 0 Å². The van der Waals surface area contributed by atoms with Gasteiger partial charge in [0.15, 0.2) is 0 Å². The van der Waals surface area contributed by atoms with Crippen molar-refractivity contribution in [2.75, 3.05) is 18.4 Å². The number of hydrogen-bond donors (Lipinski definition) is 1. The molecule has 1 aromatic heterocycles. The summed E-state index contributed by atoms with van der Waals surface area (Å²) in [6.07, 6.45) is 2.65. The molecule has 1 amide bonds. The van der Waals surface area contributed by atoms with Crippen molar-refractivity contribution < 1.29 is 17.7 Å². The molecule has 7 nitrogen and oxygen atoms in total. The topological polar surface area (TPSA) is 92.5 Å². The van der Waals surface area contributed by atoms with E-state index < -0.39 is 10.0 Å². The molecule has 1 N–H and O–H groups in total. The van der Waals surface area contributed by atoms with Crippen molar-refractivity contribution in [2.24, 2.45) is 0 Å².